The summed E-state index contributed by atoms with van der Waals surface area (Å²) in [7, 11) is 0. The van der Waals surface area contributed by atoms with Crippen molar-refractivity contribution in [3.8, 4) is 0 Å². The van der Waals surface area contributed by atoms with Crippen LogP contribution in [0.4, 0.5) is 5.69 Å². The highest BCUT2D eigenvalue weighted by Gasteiger charge is 2.27. The lowest BCUT2D eigenvalue weighted by Gasteiger charge is -2.10. The summed E-state index contributed by atoms with van der Waals surface area (Å²) in [6.07, 6.45) is 3.88. The van der Waals surface area contributed by atoms with Gasteiger partial charge >= 0.3 is 0 Å². The Balaban J connectivity index is 1.65. The number of hydrogen-bond donors (Lipinski definition) is 2. The Morgan fingerprint density at radius 1 is 1.43 bits per heavy atom. The Hall–Kier alpha value is -2.63. The normalized spacial score (nSPS) is 17.5. The third-order valence-corrected chi connectivity index (χ3v) is 3.45. The molecule has 21 heavy (non-hydrogen) atoms. The third kappa shape index (κ3) is 3.28. The highest BCUT2D eigenvalue weighted by molar-refractivity contribution is 5.97. The zero-order valence-corrected chi connectivity index (χ0v) is 11.5. The minimum Gasteiger partial charge on any atom is -0.355 e. The first-order chi connectivity index (χ1) is 10.2. The molecule has 0 spiro atoms. The molecule has 1 fully saturated rings. The van der Waals surface area contributed by atoms with Crippen molar-refractivity contribution in [3.05, 3.63) is 48.3 Å². The molecule has 1 unspecified atom stereocenters. The standard InChI is InChI=1S/C15H16N4O2/c20-14-8-12(9-16-14)15(21)18-13-4-1-3-11(7-13)10-19-6-2-5-17-19/h1-7,12H,8-10H2,(H,16,20)(H,18,21). The predicted molar refractivity (Wildman–Crippen MR) is 77.5 cm³/mol. The van der Waals surface area contributed by atoms with Crippen molar-refractivity contribution >= 4 is 17.5 Å². The van der Waals surface area contributed by atoms with Crippen molar-refractivity contribution < 1.29 is 9.59 Å². The molecule has 1 aliphatic heterocycles. The highest BCUT2D eigenvalue weighted by Crippen LogP contribution is 2.15. The van der Waals surface area contributed by atoms with Gasteiger partial charge in [0.25, 0.3) is 0 Å². The Morgan fingerprint density at radius 2 is 2.33 bits per heavy atom. The number of nitrogens with zero attached hydrogens (tertiary/aromatic N) is 2. The zero-order valence-electron chi connectivity index (χ0n) is 11.5. The molecule has 2 amide bonds. The summed E-state index contributed by atoms with van der Waals surface area (Å²) >= 11 is 0. The molecule has 0 aliphatic carbocycles. The fourth-order valence-electron chi connectivity index (χ4n) is 2.36. The van der Waals surface area contributed by atoms with Gasteiger partial charge in [0.2, 0.25) is 11.8 Å². The Morgan fingerprint density at radius 3 is 3.05 bits per heavy atom. The first kappa shape index (κ1) is 13.4. The number of rotatable bonds is 4. The molecule has 2 aromatic rings. The third-order valence-electron chi connectivity index (χ3n) is 3.45. The van der Waals surface area contributed by atoms with Crippen LogP contribution in [0.3, 0.4) is 0 Å². The molecule has 6 heteroatoms. The van der Waals surface area contributed by atoms with Crippen molar-refractivity contribution in [1.29, 1.82) is 0 Å². The predicted octanol–water partition coefficient (Wildman–Crippen LogP) is 1.01. The van der Waals surface area contributed by atoms with Crippen molar-refractivity contribution in [2.75, 3.05) is 11.9 Å². The van der Waals surface area contributed by atoms with Crippen molar-refractivity contribution in [2.45, 2.75) is 13.0 Å². The smallest absolute Gasteiger partial charge is 0.229 e. The molecular weight excluding hydrogens is 268 g/mol. The van der Waals surface area contributed by atoms with Gasteiger partial charge < -0.3 is 10.6 Å². The summed E-state index contributed by atoms with van der Waals surface area (Å²) in [6.45, 7) is 1.07. The number of anilines is 1. The largest absolute Gasteiger partial charge is 0.355 e. The number of carbonyl (C=O) groups excluding carboxylic acids is 2. The molecular formula is C15H16N4O2. The maximum absolute atomic E-state index is 12.1. The van der Waals surface area contributed by atoms with E-state index >= 15 is 0 Å². The number of hydrogen-bond acceptors (Lipinski definition) is 3. The SMILES string of the molecule is O=C1CC(C(=O)Nc2cccc(Cn3cccn3)c2)CN1. The molecule has 6 nitrogen and oxygen atoms in total. The molecule has 1 aromatic heterocycles. The van der Waals surface area contributed by atoms with E-state index in [4.69, 9.17) is 0 Å². The lowest BCUT2D eigenvalue weighted by atomic mass is 10.1. The molecule has 3 rings (SSSR count). The van der Waals surface area contributed by atoms with Crippen LogP contribution < -0.4 is 10.6 Å². The molecule has 0 bridgehead atoms. The van der Waals surface area contributed by atoms with Crippen LogP contribution in [-0.2, 0) is 16.1 Å². The van der Waals surface area contributed by atoms with E-state index in [0.717, 1.165) is 11.3 Å². The van der Waals surface area contributed by atoms with Gasteiger partial charge in [-0.1, -0.05) is 12.1 Å². The second kappa shape index (κ2) is 5.78. The van der Waals surface area contributed by atoms with Crippen molar-refractivity contribution in [1.82, 2.24) is 15.1 Å². The van der Waals surface area contributed by atoms with Gasteiger partial charge in [-0.25, -0.2) is 0 Å². The molecule has 1 atom stereocenters. The Bertz CT molecular complexity index is 651. The van der Waals surface area contributed by atoms with Gasteiger partial charge in [0.1, 0.15) is 0 Å². The van der Waals surface area contributed by atoms with Gasteiger partial charge in [-0.2, -0.15) is 5.10 Å². The summed E-state index contributed by atoms with van der Waals surface area (Å²) in [4.78, 5) is 23.2. The quantitative estimate of drug-likeness (QED) is 0.879. The minimum absolute atomic E-state index is 0.0671. The van der Waals surface area contributed by atoms with Gasteiger partial charge in [0.15, 0.2) is 0 Å². The second-order valence-corrected chi connectivity index (χ2v) is 5.10. The number of aromatic nitrogens is 2. The van der Waals surface area contributed by atoms with Crippen molar-refractivity contribution in [2.24, 2.45) is 5.92 Å². The highest BCUT2D eigenvalue weighted by atomic mass is 16.2. The summed E-state index contributed by atoms with van der Waals surface area (Å²) in [5.74, 6) is -0.473. The van der Waals surface area contributed by atoms with E-state index in [-0.39, 0.29) is 24.2 Å². The van der Waals surface area contributed by atoms with Gasteiger partial charge in [-0.15, -0.1) is 0 Å². The zero-order chi connectivity index (χ0) is 14.7. The van der Waals surface area contributed by atoms with Gasteiger partial charge in [-0.05, 0) is 23.8 Å². The second-order valence-electron chi connectivity index (χ2n) is 5.10. The molecule has 2 heterocycles. The van der Waals surface area contributed by atoms with Crippen LogP contribution in [-0.4, -0.2) is 28.1 Å². The number of nitrogens with one attached hydrogen (secondary N) is 2. The average Bonchev–Trinajstić information content (AvgIpc) is 3.11. The molecule has 108 valence electrons. The van der Waals surface area contributed by atoms with E-state index in [1.165, 1.54) is 0 Å². The van der Waals surface area contributed by atoms with Crippen LogP contribution in [0, 0.1) is 5.92 Å². The summed E-state index contributed by atoms with van der Waals surface area (Å²) in [5, 5.41) is 9.69. The number of amides is 2. The minimum atomic E-state index is -0.285. The van der Waals surface area contributed by atoms with E-state index in [0.29, 0.717) is 13.1 Å². The van der Waals surface area contributed by atoms with Crippen LogP contribution in [0.15, 0.2) is 42.7 Å². The summed E-state index contributed by atoms with van der Waals surface area (Å²) < 4.78 is 1.82. The first-order valence-corrected chi connectivity index (χ1v) is 6.84. The van der Waals surface area contributed by atoms with Crippen LogP contribution in [0.2, 0.25) is 0 Å². The molecule has 2 N–H and O–H groups in total. The molecule has 1 saturated heterocycles. The van der Waals surface area contributed by atoms with Crippen LogP contribution in [0.5, 0.6) is 0 Å². The summed E-state index contributed by atoms with van der Waals surface area (Å²) in [5.41, 5.74) is 1.79. The van der Waals surface area contributed by atoms with Crippen LogP contribution in [0.1, 0.15) is 12.0 Å². The van der Waals surface area contributed by atoms with E-state index in [1.54, 1.807) is 6.20 Å². The van der Waals surface area contributed by atoms with Crippen molar-refractivity contribution in [3.63, 3.8) is 0 Å². The average molecular weight is 284 g/mol. The Labute approximate surface area is 122 Å². The van der Waals surface area contributed by atoms with E-state index < -0.39 is 0 Å². The molecule has 0 radical (unpaired) electrons. The van der Waals surface area contributed by atoms with Gasteiger partial charge in [-0.3, -0.25) is 14.3 Å². The van der Waals surface area contributed by atoms with E-state index in [2.05, 4.69) is 15.7 Å². The molecule has 0 saturated carbocycles. The monoisotopic (exact) mass is 284 g/mol. The van der Waals surface area contributed by atoms with Gasteiger partial charge in [0, 0.05) is 31.0 Å². The van der Waals surface area contributed by atoms with Crippen LogP contribution >= 0.6 is 0 Å². The maximum Gasteiger partial charge on any atom is 0.229 e. The number of carbonyl (C=O) groups is 2. The fourth-order valence-corrected chi connectivity index (χ4v) is 2.36. The lowest BCUT2D eigenvalue weighted by Crippen LogP contribution is -2.24. The molecule has 1 aromatic carbocycles. The lowest BCUT2D eigenvalue weighted by molar-refractivity contribution is -0.123. The Kier molecular flexibility index (Phi) is 3.68. The van der Waals surface area contributed by atoms with E-state index in [9.17, 15) is 9.59 Å². The van der Waals surface area contributed by atoms with Crippen LogP contribution in [0.25, 0.3) is 0 Å². The topological polar surface area (TPSA) is 76.0 Å². The van der Waals surface area contributed by atoms with E-state index in [1.807, 2.05) is 41.2 Å². The number of benzene rings is 1. The summed E-state index contributed by atoms with van der Waals surface area (Å²) in [6, 6.07) is 9.51. The fraction of sp³-hybridized carbons (Fsp3) is 0.267. The molecule has 1 aliphatic rings. The first-order valence-electron chi connectivity index (χ1n) is 6.84. The maximum atomic E-state index is 12.1. The van der Waals surface area contributed by atoms with Gasteiger partial charge in [0.05, 0.1) is 12.5 Å².